The van der Waals surface area contributed by atoms with Gasteiger partial charge in [0.2, 0.25) is 10.0 Å². The molecule has 1 aromatic rings. The van der Waals surface area contributed by atoms with Gasteiger partial charge in [0.05, 0.1) is 5.75 Å². The van der Waals surface area contributed by atoms with E-state index in [-0.39, 0.29) is 30.7 Å². The maximum atomic E-state index is 13.4. The zero-order valence-corrected chi connectivity index (χ0v) is 11.7. The number of hydrogen-bond donors (Lipinski definition) is 1. The molecule has 0 bridgehead atoms. The van der Waals surface area contributed by atoms with Crippen LogP contribution in [-0.2, 0) is 21.4 Å². The van der Waals surface area contributed by atoms with E-state index < -0.39 is 27.6 Å². The summed E-state index contributed by atoms with van der Waals surface area (Å²) in [5.74, 6) is -2.97. The molecule has 0 saturated heterocycles. The molecule has 0 saturated carbocycles. The van der Waals surface area contributed by atoms with Gasteiger partial charge in [0, 0.05) is 31.6 Å². The zero-order valence-electron chi connectivity index (χ0n) is 10.8. The van der Waals surface area contributed by atoms with Crippen LogP contribution in [0.15, 0.2) is 18.2 Å². The SMILES string of the molecule is CN(Cc1ccc(F)cc1F)S(=O)(=O)CCCC(=O)O. The Kier molecular flexibility index (Phi) is 5.58. The lowest BCUT2D eigenvalue weighted by atomic mass is 10.2. The number of carboxylic acid groups (broad SMARTS) is 1. The van der Waals surface area contributed by atoms with E-state index in [2.05, 4.69) is 0 Å². The first-order valence-electron chi connectivity index (χ1n) is 5.82. The van der Waals surface area contributed by atoms with Gasteiger partial charge < -0.3 is 5.11 Å². The van der Waals surface area contributed by atoms with Crippen LogP contribution in [0.25, 0.3) is 0 Å². The molecule has 1 N–H and O–H groups in total. The number of aliphatic carboxylic acids is 1. The first-order chi connectivity index (χ1) is 9.22. The summed E-state index contributed by atoms with van der Waals surface area (Å²) >= 11 is 0. The molecule has 0 heterocycles. The third-order valence-corrected chi connectivity index (χ3v) is 4.56. The highest BCUT2D eigenvalue weighted by atomic mass is 32.2. The first kappa shape index (κ1) is 16.5. The quantitative estimate of drug-likeness (QED) is 0.830. The molecule has 0 amide bonds. The standard InChI is InChI=1S/C12H15F2NO4S/c1-15(20(18,19)6-2-3-12(16)17)8-9-4-5-10(13)7-11(9)14/h4-5,7H,2-3,6,8H2,1H3,(H,16,17). The summed E-state index contributed by atoms with van der Waals surface area (Å²) < 4.78 is 50.7. The number of halogens is 2. The van der Waals surface area contributed by atoms with E-state index in [1.54, 1.807) is 0 Å². The monoisotopic (exact) mass is 307 g/mol. The highest BCUT2D eigenvalue weighted by molar-refractivity contribution is 7.89. The van der Waals surface area contributed by atoms with Gasteiger partial charge in [-0.25, -0.2) is 21.5 Å². The Morgan fingerprint density at radius 2 is 2.00 bits per heavy atom. The summed E-state index contributed by atoms with van der Waals surface area (Å²) in [5.41, 5.74) is 0.0516. The molecule has 1 rings (SSSR count). The zero-order chi connectivity index (χ0) is 15.3. The van der Waals surface area contributed by atoms with Crippen molar-refractivity contribution in [2.24, 2.45) is 0 Å². The molecule has 0 aliphatic carbocycles. The molecular weight excluding hydrogens is 292 g/mol. The van der Waals surface area contributed by atoms with Crippen LogP contribution in [0, 0.1) is 11.6 Å². The number of nitrogens with zero attached hydrogens (tertiary/aromatic N) is 1. The highest BCUT2D eigenvalue weighted by Crippen LogP contribution is 2.14. The van der Waals surface area contributed by atoms with Gasteiger partial charge in [-0.05, 0) is 12.5 Å². The lowest BCUT2D eigenvalue weighted by Crippen LogP contribution is -2.29. The molecule has 0 spiro atoms. The van der Waals surface area contributed by atoms with Gasteiger partial charge in [-0.15, -0.1) is 0 Å². The fourth-order valence-corrected chi connectivity index (χ4v) is 2.71. The van der Waals surface area contributed by atoms with Crippen molar-refractivity contribution in [3.8, 4) is 0 Å². The van der Waals surface area contributed by atoms with Gasteiger partial charge in [-0.2, -0.15) is 0 Å². The lowest BCUT2D eigenvalue weighted by Gasteiger charge is -2.17. The number of carbonyl (C=O) groups is 1. The normalized spacial score (nSPS) is 11.8. The van der Waals surface area contributed by atoms with Crippen molar-refractivity contribution in [1.29, 1.82) is 0 Å². The summed E-state index contributed by atoms with van der Waals surface area (Å²) in [7, 11) is -2.41. The molecule has 0 atom stereocenters. The van der Waals surface area contributed by atoms with Gasteiger partial charge >= 0.3 is 5.97 Å². The Morgan fingerprint density at radius 1 is 1.35 bits per heavy atom. The molecule has 8 heteroatoms. The number of benzene rings is 1. The molecule has 0 aliphatic heterocycles. The molecule has 0 radical (unpaired) electrons. The van der Waals surface area contributed by atoms with Crippen molar-refractivity contribution in [2.45, 2.75) is 19.4 Å². The Balaban J connectivity index is 2.69. The van der Waals surface area contributed by atoms with E-state index in [1.807, 2.05) is 0 Å². The fourth-order valence-electron chi connectivity index (χ4n) is 1.55. The maximum absolute atomic E-state index is 13.4. The van der Waals surface area contributed by atoms with Crippen LogP contribution in [0.5, 0.6) is 0 Å². The minimum absolute atomic E-state index is 0.0199. The smallest absolute Gasteiger partial charge is 0.303 e. The predicted molar refractivity (Wildman–Crippen MR) is 68.5 cm³/mol. The summed E-state index contributed by atoms with van der Waals surface area (Å²) in [6.45, 7) is -0.235. The van der Waals surface area contributed by atoms with Crippen molar-refractivity contribution in [3.05, 3.63) is 35.4 Å². The Bertz CT molecular complexity index is 589. The molecule has 0 aromatic heterocycles. The van der Waals surface area contributed by atoms with E-state index in [1.165, 1.54) is 13.1 Å². The van der Waals surface area contributed by atoms with E-state index in [0.717, 1.165) is 10.4 Å². The second-order valence-electron chi connectivity index (χ2n) is 4.31. The Morgan fingerprint density at radius 3 is 2.55 bits per heavy atom. The average Bonchev–Trinajstić information content (AvgIpc) is 2.31. The number of hydrogen-bond acceptors (Lipinski definition) is 3. The molecular formula is C12H15F2NO4S. The summed E-state index contributed by atoms with van der Waals surface area (Å²) in [6.07, 6.45) is -0.272. The van der Waals surface area contributed by atoms with Crippen LogP contribution in [0.3, 0.4) is 0 Å². The second kappa shape index (κ2) is 6.76. The van der Waals surface area contributed by atoms with Gasteiger partial charge in [-0.1, -0.05) is 6.07 Å². The number of rotatable bonds is 7. The topological polar surface area (TPSA) is 74.7 Å². The largest absolute Gasteiger partial charge is 0.481 e. The van der Waals surface area contributed by atoms with E-state index >= 15 is 0 Å². The molecule has 5 nitrogen and oxygen atoms in total. The summed E-state index contributed by atoms with van der Waals surface area (Å²) in [5, 5.41) is 8.45. The molecule has 112 valence electrons. The van der Waals surface area contributed by atoms with Crippen molar-refractivity contribution >= 4 is 16.0 Å². The molecule has 0 aliphatic rings. The minimum atomic E-state index is -3.67. The van der Waals surface area contributed by atoms with Crippen molar-refractivity contribution in [2.75, 3.05) is 12.8 Å². The van der Waals surface area contributed by atoms with Crippen LogP contribution in [0.1, 0.15) is 18.4 Å². The lowest BCUT2D eigenvalue weighted by molar-refractivity contribution is -0.137. The van der Waals surface area contributed by atoms with E-state index in [4.69, 9.17) is 5.11 Å². The summed E-state index contributed by atoms with van der Waals surface area (Å²) in [4.78, 5) is 10.3. The third kappa shape index (κ3) is 4.86. The molecule has 0 fully saturated rings. The second-order valence-corrected chi connectivity index (χ2v) is 6.50. The van der Waals surface area contributed by atoms with Crippen molar-refractivity contribution < 1.29 is 27.1 Å². The van der Waals surface area contributed by atoms with E-state index in [0.29, 0.717) is 6.07 Å². The number of sulfonamides is 1. The third-order valence-electron chi connectivity index (χ3n) is 2.68. The van der Waals surface area contributed by atoms with Crippen LogP contribution in [0.4, 0.5) is 8.78 Å². The van der Waals surface area contributed by atoms with Crippen LogP contribution in [-0.4, -0.2) is 36.6 Å². The van der Waals surface area contributed by atoms with Gasteiger partial charge in [0.25, 0.3) is 0 Å². The van der Waals surface area contributed by atoms with Crippen LogP contribution >= 0.6 is 0 Å². The minimum Gasteiger partial charge on any atom is -0.481 e. The summed E-state index contributed by atoms with van der Waals surface area (Å²) in [6, 6.07) is 2.90. The van der Waals surface area contributed by atoms with Crippen molar-refractivity contribution in [1.82, 2.24) is 4.31 Å². The Labute approximate surface area is 115 Å². The molecule has 0 unspecified atom stereocenters. The molecule has 1 aromatic carbocycles. The fraction of sp³-hybridized carbons (Fsp3) is 0.417. The highest BCUT2D eigenvalue weighted by Gasteiger charge is 2.19. The molecule has 20 heavy (non-hydrogen) atoms. The Hall–Kier alpha value is -1.54. The van der Waals surface area contributed by atoms with Crippen LogP contribution in [0.2, 0.25) is 0 Å². The van der Waals surface area contributed by atoms with Crippen LogP contribution < -0.4 is 0 Å². The van der Waals surface area contributed by atoms with Gasteiger partial charge in [-0.3, -0.25) is 4.79 Å². The van der Waals surface area contributed by atoms with E-state index in [9.17, 15) is 22.0 Å². The predicted octanol–water partition coefficient (Wildman–Crippen LogP) is 1.59. The van der Waals surface area contributed by atoms with Gasteiger partial charge in [0.1, 0.15) is 11.6 Å². The number of carboxylic acids is 1. The van der Waals surface area contributed by atoms with Gasteiger partial charge in [0.15, 0.2) is 0 Å². The maximum Gasteiger partial charge on any atom is 0.303 e. The first-order valence-corrected chi connectivity index (χ1v) is 7.43. The van der Waals surface area contributed by atoms with Crippen molar-refractivity contribution in [3.63, 3.8) is 0 Å². The average molecular weight is 307 g/mol.